The van der Waals surface area contributed by atoms with Crippen molar-refractivity contribution < 1.29 is 4.39 Å². The molecule has 0 saturated carbocycles. The highest BCUT2D eigenvalue weighted by molar-refractivity contribution is 5.80. The van der Waals surface area contributed by atoms with Crippen molar-refractivity contribution in [3.05, 3.63) is 77.6 Å². The summed E-state index contributed by atoms with van der Waals surface area (Å²) in [6, 6.07) is 14.2. The van der Waals surface area contributed by atoms with Crippen LogP contribution >= 0.6 is 0 Å². The average Bonchev–Trinajstić information content (AvgIpc) is 3.41. The van der Waals surface area contributed by atoms with E-state index in [0.717, 1.165) is 36.9 Å². The maximum Gasteiger partial charge on any atom is 0.191 e. The molecule has 162 valence electrons. The van der Waals surface area contributed by atoms with Gasteiger partial charge in [0, 0.05) is 50.8 Å². The zero-order valence-electron chi connectivity index (χ0n) is 18.3. The van der Waals surface area contributed by atoms with Gasteiger partial charge in [0.25, 0.3) is 0 Å². The van der Waals surface area contributed by atoms with Crippen molar-refractivity contribution in [3.63, 3.8) is 0 Å². The van der Waals surface area contributed by atoms with Gasteiger partial charge in [0.2, 0.25) is 0 Å². The molecule has 1 fully saturated rings. The minimum Gasteiger partial charge on any atom is -0.369 e. The number of halogens is 1. The Morgan fingerprint density at radius 1 is 1.19 bits per heavy atom. The molecule has 2 N–H and O–H groups in total. The van der Waals surface area contributed by atoms with Gasteiger partial charge < -0.3 is 20.1 Å². The number of hydrogen-bond acceptors (Lipinski definition) is 3. The summed E-state index contributed by atoms with van der Waals surface area (Å²) < 4.78 is 16.4. The third-order valence-electron chi connectivity index (χ3n) is 5.71. The molecule has 2 heterocycles. The van der Waals surface area contributed by atoms with Crippen LogP contribution in [-0.2, 0) is 6.54 Å². The van der Waals surface area contributed by atoms with E-state index in [9.17, 15) is 4.39 Å². The van der Waals surface area contributed by atoms with E-state index in [1.807, 2.05) is 13.0 Å². The summed E-state index contributed by atoms with van der Waals surface area (Å²) in [6.07, 6.45) is 4.48. The molecule has 1 saturated heterocycles. The fraction of sp³-hybridized carbons (Fsp3) is 0.333. The highest BCUT2D eigenvalue weighted by atomic mass is 19.1. The number of hydrogen-bond donors (Lipinski definition) is 2. The Bertz CT molecular complexity index is 1060. The molecular weight excluding hydrogens is 391 g/mol. The zero-order valence-corrected chi connectivity index (χ0v) is 18.3. The van der Waals surface area contributed by atoms with Crippen LogP contribution in [-0.4, -0.2) is 41.7 Å². The molecular formula is C24H29FN6. The lowest BCUT2D eigenvalue weighted by atomic mass is 10.2. The van der Waals surface area contributed by atoms with Crippen LogP contribution in [0.5, 0.6) is 0 Å². The van der Waals surface area contributed by atoms with E-state index in [1.165, 1.54) is 11.3 Å². The number of benzene rings is 2. The Hall–Kier alpha value is -3.35. The molecule has 1 aromatic heterocycles. The molecule has 1 aliphatic rings. The molecule has 31 heavy (non-hydrogen) atoms. The van der Waals surface area contributed by atoms with Gasteiger partial charge in [-0.1, -0.05) is 23.8 Å². The standard InChI is InChI=1S/C24H29FN6/c1-17-4-7-21(8-5-17)30-12-10-20(16-30)29-24(26-3)28-15-19-6-9-23(22(25)14-19)31-13-11-27-18(31)2/h4-9,11,13-14,20H,10,12,15-16H2,1-3H3,(H2,26,28,29). The number of nitrogens with zero attached hydrogens (tertiary/aromatic N) is 4. The van der Waals surface area contributed by atoms with Crippen LogP contribution in [0.25, 0.3) is 5.69 Å². The van der Waals surface area contributed by atoms with Gasteiger partial charge >= 0.3 is 0 Å². The van der Waals surface area contributed by atoms with Crippen molar-refractivity contribution >= 4 is 11.6 Å². The molecule has 3 aromatic rings. The zero-order chi connectivity index (χ0) is 21.8. The molecule has 0 spiro atoms. The van der Waals surface area contributed by atoms with Gasteiger partial charge in [-0.3, -0.25) is 4.99 Å². The summed E-state index contributed by atoms with van der Waals surface area (Å²) in [5.41, 5.74) is 3.88. The summed E-state index contributed by atoms with van der Waals surface area (Å²) in [4.78, 5) is 10.9. The summed E-state index contributed by atoms with van der Waals surface area (Å²) in [5, 5.41) is 6.80. The minimum absolute atomic E-state index is 0.270. The number of aliphatic imine (C=N–C) groups is 1. The number of aryl methyl sites for hydroxylation is 2. The highest BCUT2D eigenvalue weighted by Crippen LogP contribution is 2.21. The predicted octanol–water partition coefficient (Wildman–Crippen LogP) is 3.57. The molecule has 7 heteroatoms. The second kappa shape index (κ2) is 9.20. The fourth-order valence-electron chi connectivity index (χ4n) is 3.93. The van der Waals surface area contributed by atoms with Gasteiger partial charge in [0.05, 0.1) is 5.69 Å². The lowest BCUT2D eigenvalue weighted by Gasteiger charge is -2.20. The maximum absolute atomic E-state index is 14.6. The highest BCUT2D eigenvalue weighted by Gasteiger charge is 2.23. The van der Waals surface area contributed by atoms with E-state index in [0.29, 0.717) is 18.3 Å². The third kappa shape index (κ3) is 4.87. The van der Waals surface area contributed by atoms with Gasteiger partial charge in [-0.2, -0.15) is 0 Å². The molecule has 2 aromatic carbocycles. The number of aromatic nitrogens is 2. The normalized spacial score (nSPS) is 16.6. The summed E-state index contributed by atoms with van der Waals surface area (Å²) >= 11 is 0. The number of guanidine groups is 1. The molecule has 6 nitrogen and oxygen atoms in total. The summed E-state index contributed by atoms with van der Waals surface area (Å²) in [5.74, 6) is 1.21. The van der Waals surface area contributed by atoms with Crippen LogP contribution in [0.1, 0.15) is 23.4 Å². The lowest BCUT2D eigenvalue weighted by molar-refractivity contribution is 0.612. The van der Waals surface area contributed by atoms with Gasteiger partial charge in [0.1, 0.15) is 11.6 Å². The molecule has 0 amide bonds. The van der Waals surface area contributed by atoms with Crippen molar-refractivity contribution in [1.82, 2.24) is 20.2 Å². The second-order valence-corrected chi connectivity index (χ2v) is 7.97. The molecule has 4 rings (SSSR count). The number of nitrogens with one attached hydrogen (secondary N) is 2. The topological polar surface area (TPSA) is 57.5 Å². The summed E-state index contributed by atoms with van der Waals surface area (Å²) in [7, 11) is 1.76. The first-order chi connectivity index (χ1) is 15.0. The average molecular weight is 421 g/mol. The first-order valence-corrected chi connectivity index (χ1v) is 10.6. The Kier molecular flexibility index (Phi) is 6.21. The smallest absolute Gasteiger partial charge is 0.191 e. The summed E-state index contributed by atoms with van der Waals surface area (Å²) in [6.45, 7) is 6.39. The number of anilines is 1. The van der Waals surface area contributed by atoms with Crippen molar-refractivity contribution in [1.29, 1.82) is 0 Å². The molecule has 0 radical (unpaired) electrons. The molecule has 0 bridgehead atoms. The molecule has 1 aliphatic heterocycles. The van der Waals surface area contributed by atoms with Crippen LogP contribution in [0, 0.1) is 19.7 Å². The van der Waals surface area contributed by atoms with E-state index >= 15 is 0 Å². The third-order valence-corrected chi connectivity index (χ3v) is 5.71. The Morgan fingerprint density at radius 3 is 2.68 bits per heavy atom. The van der Waals surface area contributed by atoms with Crippen molar-refractivity contribution in [2.75, 3.05) is 25.0 Å². The molecule has 1 atom stereocenters. The van der Waals surface area contributed by atoms with E-state index in [1.54, 1.807) is 36.1 Å². The van der Waals surface area contributed by atoms with Gasteiger partial charge in [-0.05, 0) is 50.1 Å². The molecule has 0 aliphatic carbocycles. The largest absolute Gasteiger partial charge is 0.369 e. The van der Waals surface area contributed by atoms with Crippen LogP contribution < -0.4 is 15.5 Å². The lowest BCUT2D eigenvalue weighted by Crippen LogP contribution is -2.44. The SMILES string of the molecule is CN=C(NCc1ccc(-n2ccnc2C)c(F)c1)NC1CCN(c2ccc(C)cc2)C1. The monoisotopic (exact) mass is 420 g/mol. The maximum atomic E-state index is 14.6. The first kappa shape index (κ1) is 20.9. The van der Waals surface area contributed by atoms with Crippen LogP contribution in [0.4, 0.5) is 10.1 Å². The Morgan fingerprint density at radius 2 is 2.00 bits per heavy atom. The fourth-order valence-corrected chi connectivity index (χ4v) is 3.93. The van der Waals surface area contributed by atoms with Gasteiger partial charge in [0.15, 0.2) is 5.96 Å². The van der Waals surface area contributed by atoms with Gasteiger partial charge in [-0.25, -0.2) is 9.37 Å². The first-order valence-electron chi connectivity index (χ1n) is 10.6. The van der Waals surface area contributed by atoms with Crippen LogP contribution in [0.2, 0.25) is 0 Å². The quantitative estimate of drug-likeness (QED) is 0.489. The number of imidazole rings is 1. The molecule has 1 unspecified atom stereocenters. The van der Waals surface area contributed by atoms with Crippen LogP contribution in [0.3, 0.4) is 0 Å². The van der Waals surface area contributed by atoms with E-state index in [4.69, 9.17) is 0 Å². The van der Waals surface area contributed by atoms with E-state index in [-0.39, 0.29) is 5.82 Å². The van der Waals surface area contributed by atoms with E-state index in [2.05, 4.69) is 56.7 Å². The predicted molar refractivity (Wildman–Crippen MR) is 123 cm³/mol. The van der Waals surface area contributed by atoms with Crippen LogP contribution in [0.15, 0.2) is 59.9 Å². The Balaban J connectivity index is 1.32. The Labute approximate surface area is 182 Å². The van der Waals surface area contributed by atoms with Crippen molar-refractivity contribution in [2.24, 2.45) is 4.99 Å². The van der Waals surface area contributed by atoms with Crippen molar-refractivity contribution in [2.45, 2.75) is 32.9 Å². The van der Waals surface area contributed by atoms with E-state index < -0.39 is 0 Å². The minimum atomic E-state index is -0.270. The number of rotatable bonds is 5. The van der Waals surface area contributed by atoms with Gasteiger partial charge in [-0.15, -0.1) is 0 Å². The van der Waals surface area contributed by atoms with Crippen molar-refractivity contribution in [3.8, 4) is 5.69 Å². The second-order valence-electron chi connectivity index (χ2n) is 7.97.